The largest absolute Gasteiger partial charge is 0.497 e. The fourth-order valence-electron chi connectivity index (χ4n) is 3.52. The number of methoxy groups -OCH3 is 1. The number of rotatable bonds is 9. The Balaban J connectivity index is 1.63. The van der Waals surface area contributed by atoms with Crippen LogP contribution >= 0.6 is 11.8 Å². The zero-order valence-corrected chi connectivity index (χ0v) is 19.1. The maximum absolute atomic E-state index is 12.8. The third kappa shape index (κ3) is 6.17. The monoisotopic (exact) mass is 449 g/mol. The van der Waals surface area contributed by atoms with E-state index in [-0.39, 0.29) is 24.0 Å². The van der Waals surface area contributed by atoms with Gasteiger partial charge in [-0.2, -0.15) is 0 Å². The SMILES string of the molecule is CCSc1ccc(CC(=O)Nc2ccc3c(n2)CCC(/C=C/C(=C\C=N)OC)C3=O)cc1. The van der Waals surface area contributed by atoms with Crippen LogP contribution in [0.5, 0.6) is 0 Å². The lowest BCUT2D eigenvalue weighted by Crippen LogP contribution is -2.23. The van der Waals surface area contributed by atoms with Gasteiger partial charge in [0, 0.05) is 22.6 Å². The molecule has 0 aliphatic heterocycles. The number of amides is 1. The van der Waals surface area contributed by atoms with Crippen molar-refractivity contribution in [2.45, 2.75) is 31.1 Å². The molecule has 1 atom stereocenters. The molecule has 166 valence electrons. The number of hydrogen-bond acceptors (Lipinski definition) is 6. The second kappa shape index (κ2) is 11.4. The van der Waals surface area contributed by atoms with Gasteiger partial charge in [-0.3, -0.25) is 9.59 Å². The number of carbonyl (C=O) groups excluding carboxylic acids is 2. The van der Waals surface area contributed by atoms with Crippen LogP contribution in [0, 0.1) is 11.3 Å². The molecule has 1 aliphatic rings. The van der Waals surface area contributed by atoms with Crippen LogP contribution in [0.25, 0.3) is 0 Å². The molecule has 0 fully saturated rings. The van der Waals surface area contributed by atoms with Gasteiger partial charge in [-0.15, -0.1) is 11.8 Å². The highest BCUT2D eigenvalue weighted by atomic mass is 32.2. The molecule has 1 aromatic heterocycles. The van der Waals surface area contributed by atoms with E-state index in [4.69, 9.17) is 10.1 Å². The average molecular weight is 450 g/mol. The van der Waals surface area contributed by atoms with Crippen LogP contribution in [0.3, 0.4) is 0 Å². The first-order valence-corrected chi connectivity index (χ1v) is 11.5. The quantitative estimate of drug-likeness (QED) is 0.247. The van der Waals surface area contributed by atoms with Gasteiger partial charge >= 0.3 is 0 Å². The molecule has 0 radical (unpaired) electrons. The molecule has 1 aromatic carbocycles. The number of ether oxygens (including phenoxy) is 1. The van der Waals surface area contributed by atoms with Crippen LogP contribution in [0.4, 0.5) is 5.82 Å². The van der Waals surface area contributed by atoms with Crippen molar-refractivity contribution < 1.29 is 14.3 Å². The molecule has 2 aromatic rings. The van der Waals surface area contributed by atoms with E-state index in [0.717, 1.165) is 17.5 Å². The lowest BCUT2D eigenvalue weighted by molar-refractivity contribution is -0.115. The van der Waals surface area contributed by atoms with Crippen molar-refractivity contribution in [3.8, 4) is 0 Å². The maximum Gasteiger partial charge on any atom is 0.229 e. The Kier molecular flexibility index (Phi) is 8.39. The minimum atomic E-state index is -0.261. The van der Waals surface area contributed by atoms with Gasteiger partial charge in [-0.05, 0) is 60.6 Å². The van der Waals surface area contributed by atoms with Crippen molar-refractivity contribution >= 4 is 35.5 Å². The maximum atomic E-state index is 12.8. The summed E-state index contributed by atoms with van der Waals surface area (Å²) in [4.78, 5) is 31.0. The van der Waals surface area contributed by atoms with Crippen LogP contribution in [0.15, 0.2) is 65.3 Å². The highest BCUT2D eigenvalue weighted by Crippen LogP contribution is 2.27. The normalized spacial score (nSPS) is 16.0. The number of fused-ring (bicyclic) bond motifs is 1. The van der Waals surface area contributed by atoms with Crippen LogP contribution in [0.1, 0.15) is 35.0 Å². The Morgan fingerprint density at radius 1 is 1.28 bits per heavy atom. The molecule has 1 amide bonds. The van der Waals surface area contributed by atoms with Gasteiger partial charge in [0.05, 0.1) is 19.2 Å². The molecule has 2 N–H and O–H groups in total. The van der Waals surface area contributed by atoms with E-state index in [1.807, 2.05) is 30.3 Å². The van der Waals surface area contributed by atoms with E-state index < -0.39 is 0 Å². The Hall–Kier alpha value is -3.19. The molecule has 32 heavy (non-hydrogen) atoms. The minimum absolute atomic E-state index is 0.00298. The zero-order chi connectivity index (χ0) is 22.9. The Morgan fingerprint density at radius 3 is 2.75 bits per heavy atom. The number of nitrogens with zero attached hydrogens (tertiary/aromatic N) is 1. The van der Waals surface area contributed by atoms with E-state index in [9.17, 15) is 9.59 Å². The lowest BCUT2D eigenvalue weighted by Gasteiger charge is -2.21. The number of anilines is 1. The summed E-state index contributed by atoms with van der Waals surface area (Å²) in [5, 5.41) is 9.97. The zero-order valence-electron chi connectivity index (χ0n) is 18.3. The summed E-state index contributed by atoms with van der Waals surface area (Å²) in [6.45, 7) is 2.11. The average Bonchev–Trinajstić information content (AvgIpc) is 2.79. The minimum Gasteiger partial charge on any atom is -0.497 e. The first-order chi connectivity index (χ1) is 15.5. The van der Waals surface area contributed by atoms with E-state index in [1.165, 1.54) is 18.1 Å². The molecule has 0 saturated heterocycles. The summed E-state index contributed by atoms with van der Waals surface area (Å²) in [7, 11) is 1.53. The topological polar surface area (TPSA) is 92.1 Å². The lowest BCUT2D eigenvalue weighted by atomic mass is 9.85. The number of aromatic nitrogens is 1. The van der Waals surface area contributed by atoms with Crippen molar-refractivity contribution in [3.05, 3.63) is 77.2 Å². The van der Waals surface area contributed by atoms with E-state index in [2.05, 4.69) is 17.2 Å². The molecule has 1 unspecified atom stereocenters. The summed E-state index contributed by atoms with van der Waals surface area (Å²) in [6, 6.07) is 11.4. The summed E-state index contributed by atoms with van der Waals surface area (Å²) in [5.74, 6) is 1.60. The van der Waals surface area contributed by atoms with Crippen LogP contribution in [-0.2, 0) is 22.4 Å². The van der Waals surface area contributed by atoms with Crippen LogP contribution in [-0.4, -0.2) is 35.8 Å². The highest BCUT2D eigenvalue weighted by Gasteiger charge is 2.27. The van der Waals surface area contributed by atoms with Gasteiger partial charge < -0.3 is 15.5 Å². The van der Waals surface area contributed by atoms with Crippen molar-refractivity contribution in [3.63, 3.8) is 0 Å². The Bertz CT molecular complexity index is 1040. The standard InChI is InChI=1S/C25H27N3O3S/c1-3-32-20-9-4-17(5-10-20)16-24(29)28-23-13-11-21-22(27-23)12-7-18(25(21)30)6-8-19(31-2)14-15-26/h4-6,8-11,13-15,18,26H,3,7,12,16H2,1-2H3,(H,27,28,29)/b8-6+,19-14+,26-15?. The number of carbonyl (C=O) groups is 2. The Labute approximate surface area is 192 Å². The highest BCUT2D eigenvalue weighted by molar-refractivity contribution is 7.99. The third-order valence-electron chi connectivity index (χ3n) is 5.11. The molecular weight excluding hydrogens is 422 g/mol. The van der Waals surface area contributed by atoms with Gasteiger partial charge in [-0.25, -0.2) is 4.98 Å². The van der Waals surface area contributed by atoms with Gasteiger partial charge in [-0.1, -0.05) is 25.1 Å². The molecule has 0 bridgehead atoms. The van der Waals surface area contributed by atoms with Gasteiger partial charge in [0.25, 0.3) is 0 Å². The summed E-state index contributed by atoms with van der Waals surface area (Å²) in [5.41, 5.74) is 2.24. The fraction of sp³-hybridized carbons (Fsp3) is 0.280. The summed E-state index contributed by atoms with van der Waals surface area (Å²) in [6.07, 6.45) is 7.74. The number of nitrogens with one attached hydrogen (secondary N) is 2. The number of ketones is 1. The molecule has 7 heteroatoms. The smallest absolute Gasteiger partial charge is 0.229 e. The second-order valence-electron chi connectivity index (χ2n) is 7.30. The number of thioether (sulfide) groups is 1. The molecule has 3 rings (SSSR count). The summed E-state index contributed by atoms with van der Waals surface area (Å²) >= 11 is 1.77. The number of pyridine rings is 1. The van der Waals surface area contributed by atoms with E-state index in [0.29, 0.717) is 35.7 Å². The number of allylic oxidation sites excluding steroid dienone is 3. The second-order valence-corrected chi connectivity index (χ2v) is 8.64. The van der Waals surface area contributed by atoms with E-state index in [1.54, 1.807) is 30.0 Å². The first-order valence-electron chi connectivity index (χ1n) is 10.5. The molecule has 0 spiro atoms. The van der Waals surface area contributed by atoms with Crippen molar-refractivity contribution in [2.75, 3.05) is 18.2 Å². The molecular formula is C25H27N3O3S. The van der Waals surface area contributed by atoms with E-state index >= 15 is 0 Å². The third-order valence-corrected chi connectivity index (χ3v) is 6.01. The number of Topliss-reactive ketones (excluding diaryl/α,β-unsaturated/α-hetero) is 1. The number of aryl methyl sites for hydroxylation is 1. The summed E-state index contributed by atoms with van der Waals surface area (Å²) < 4.78 is 5.16. The van der Waals surface area contributed by atoms with Crippen molar-refractivity contribution in [2.24, 2.45) is 5.92 Å². The molecule has 1 aliphatic carbocycles. The van der Waals surface area contributed by atoms with Gasteiger partial charge in [0.1, 0.15) is 11.6 Å². The fourth-order valence-corrected chi connectivity index (χ4v) is 4.18. The van der Waals surface area contributed by atoms with Crippen LogP contribution < -0.4 is 5.32 Å². The number of hydrogen-bond donors (Lipinski definition) is 2. The molecule has 1 heterocycles. The van der Waals surface area contributed by atoms with Crippen LogP contribution in [0.2, 0.25) is 0 Å². The van der Waals surface area contributed by atoms with Crippen molar-refractivity contribution in [1.29, 1.82) is 5.41 Å². The first kappa shape index (κ1) is 23.5. The molecule has 6 nitrogen and oxygen atoms in total. The van der Waals surface area contributed by atoms with Gasteiger partial charge in [0.15, 0.2) is 5.78 Å². The predicted octanol–water partition coefficient (Wildman–Crippen LogP) is 4.86. The predicted molar refractivity (Wildman–Crippen MR) is 129 cm³/mol. The van der Waals surface area contributed by atoms with Gasteiger partial charge in [0.2, 0.25) is 5.91 Å². The molecule has 0 saturated carbocycles. The Morgan fingerprint density at radius 2 is 2.06 bits per heavy atom. The van der Waals surface area contributed by atoms with Crippen molar-refractivity contribution in [1.82, 2.24) is 4.98 Å². The number of benzene rings is 1.